The van der Waals surface area contributed by atoms with Crippen LogP contribution in [0.4, 0.5) is 0 Å². The number of fused-ring (bicyclic) bond motifs is 1. The highest BCUT2D eigenvalue weighted by Gasteiger charge is 2.15. The minimum absolute atomic E-state index is 0.0249. The van der Waals surface area contributed by atoms with Crippen molar-refractivity contribution in [3.63, 3.8) is 0 Å². The van der Waals surface area contributed by atoms with E-state index >= 15 is 0 Å². The fourth-order valence-corrected chi connectivity index (χ4v) is 3.70. The molecular weight excluding hydrogens is 362 g/mol. The number of pyridine rings is 1. The first kappa shape index (κ1) is 18.8. The van der Waals surface area contributed by atoms with E-state index in [4.69, 9.17) is 9.47 Å². The monoisotopic (exact) mass is 385 g/mol. The third-order valence-electron chi connectivity index (χ3n) is 5.22. The molecule has 146 valence electrons. The lowest BCUT2D eigenvalue weighted by atomic mass is 9.97. The zero-order valence-electron chi connectivity index (χ0n) is 16.8. The maximum Gasteiger partial charge on any atom is 0.197 e. The van der Waals surface area contributed by atoms with Gasteiger partial charge in [-0.15, -0.1) is 0 Å². The maximum absolute atomic E-state index is 13.6. The zero-order valence-corrected chi connectivity index (χ0v) is 16.8. The average molecular weight is 385 g/mol. The van der Waals surface area contributed by atoms with Gasteiger partial charge in [0.15, 0.2) is 5.43 Å². The lowest BCUT2D eigenvalue weighted by Crippen LogP contribution is -2.13. The molecule has 4 nitrogen and oxygen atoms in total. The summed E-state index contributed by atoms with van der Waals surface area (Å²) in [6.07, 6.45) is 2.55. The Kier molecular flexibility index (Phi) is 5.09. The van der Waals surface area contributed by atoms with Gasteiger partial charge in [0.2, 0.25) is 0 Å². The van der Waals surface area contributed by atoms with Crippen molar-refractivity contribution < 1.29 is 9.47 Å². The molecule has 0 aliphatic carbocycles. The summed E-state index contributed by atoms with van der Waals surface area (Å²) >= 11 is 0. The van der Waals surface area contributed by atoms with E-state index in [9.17, 15) is 4.79 Å². The van der Waals surface area contributed by atoms with Gasteiger partial charge in [-0.25, -0.2) is 0 Å². The van der Waals surface area contributed by atoms with E-state index in [1.54, 1.807) is 14.2 Å². The number of ether oxygens (including phenoxy) is 2. The number of methoxy groups -OCH3 is 2. The van der Waals surface area contributed by atoms with Crippen molar-refractivity contribution in [2.24, 2.45) is 7.05 Å². The van der Waals surface area contributed by atoms with Crippen LogP contribution in [0, 0.1) is 0 Å². The van der Waals surface area contributed by atoms with Gasteiger partial charge in [-0.05, 0) is 41.3 Å². The summed E-state index contributed by atoms with van der Waals surface area (Å²) in [4.78, 5) is 13.6. The Morgan fingerprint density at radius 2 is 1.55 bits per heavy atom. The Morgan fingerprint density at radius 3 is 2.21 bits per heavy atom. The van der Waals surface area contributed by atoms with Gasteiger partial charge in [0.25, 0.3) is 0 Å². The largest absolute Gasteiger partial charge is 0.497 e. The minimum Gasteiger partial charge on any atom is -0.497 e. The molecule has 0 fully saturated rings. The second kappa shape index (κ2) is 7.84. The fraction of sp³-hybridized carbons (Fsp3) is 0.160. The molecule has 4 aromatic rings. The molecule has 0 amide bonds. The molecule has 0 unspecified atom stereocenters. The number of benzene rings is 3. The van der Waals surface area contributed by atoms with Crippen molar-refractivity contribution in [3.05, 3.63) is 94.3 Å². The van der Waals surface area contributed by atoms with Crippen LogP contribution in [0.2, 0.25) is 0 Å². The molecule has 0 N–H and O–H groups in total. The molecule has 0 aliphatic rings. The van der Waals surface area contributed by atoms with Gasteiger partial charge in [-0.2, -0.15) is 0 Å². The Labute approximate surface area is 170 Å². The topological polar surface area (TPSA) is 40.5 Å². The van der Waals surface area contributed by atoms with Gasteiger partial charge in [-0.1, -0.05) is 42.5 Å². The molecule has 29 heavy (non-hydrogen) atoms. The quantitative estimate of drug-likeness (QED) is 0.495. The summed E-state index contributed by atoms with van der Waals surface area (Å²) < 4.78 is 12.7. The summed E-state index contributed by atoms with van der Waals surface area (Å²) in [7, 11) is 5.24. The predicted octanol–water partition coefficient (Wildman–Crippen LogP) is 4.81. The van der Waals surface area contributed by atoms with Crippen LogP contribution in [-0.4, -0.2) is 18.8 Å². The van der Waals surface area contributed by atoms with E-state index in [0.29, 0.717) is 12.0 Å². The molecule has 3 aromatic carbocycles. The van der Waals surface area contributed by atoms with E-state index < -0.39 is 0 Å². The Bertz CT molecular complexity index is 1210. The zero-order chi connectivity index (χ0) is 20.4. The second-order valence-electron chi connectivity index (χ2n) is 7.05. The Hall–Kier alpha value is -3.53. The van der Waals surface area contributed by atoms with Crippen LogP contribution in [0.3, 0.4) is 0 Å². The van der Waals surface area contributed by atoms with Crippen molar-refractivity contribution in [2.45, 2.75) is 6.42 Å². The van der Waals surface area contributed by atoms with Crippen LogP contribution in [-0.2, 0) is 13.5 Å². The van der Waals surface area contributed by atoms with Crippen LogP contribution in [0.5, 0.6) is 11.5 Å². The second-order valence-corrected chi connectivity index (χ2v) is 7.05. The SMILES string of the molecule is COc1ccc(-c2cn(C)c3cc(OC)cc(Cc4ccccc4)c3c2=O)cc1. The molecule has 0 bridgehead atoms. The standard InChI is InChI=1S/C25H23NO3/c1-26-16-22(18-9-11-20(28-2)12-10-18)25(27)24-19(13-17-7-5-4-6-8-17)14-21(29-3)15-23(24)26/h4-12,14-16H,13H2,1-3H3. The van der Waals surface area contributed by atoms with E-state index in [2.05, 4.69) is 12.1 Å². The number of aromatic nitrogens is 1. The number of rotatable bonds is 5. The molecular formula is C25H23NO3. The summed E-state index contributed by atoms with van der Waals surface area (Å²) in [5.74, 6) is 1.51. The first-order chi connectivity index (χ1) is 14.1. The summed E-state index contributed by atoms with van der Waals surface area (Å²) in [5, 5.41) is 0.727. The van der Waals surface area contributed by atoms with Crippen LogP contribution >= 0.6 is 0 Å². The number of aryl methyl sites for hydroxylation is 1. The minimum atomic E-state index is 0.0249. The molecule has 0 saturated carbocycles. The van der Waals surface area contributed by atoms with Gasteiger partial charge in [0.1, 0.15) is 11.5 Å². The molecule has 0 spiro atoms. The van der Waals surface area contributed by atoms with Gasteiger partial charge in [0, 0.05) is 24.9 Å². The molecule has 0 radical (unpaired) electrons. The van der Waals surface area contributed by atoms with Gasteiger partial charge >= 0.3 is 0 Å². The first-order valence-electron chi connectivity index (χ1n) is 9.49. The lowest BCUT2D eigenvalue weighted by Gasteiger charge is -2.15. The molecule has 0 aliphatic heterocycles. The predicted molar refractivity (Wildman–Crippen MR) is 117 cm³/mol. The third-order valence-corrected chi connectivity index (χ3v) is 5.22. The van der Waals surface area contributed by atoms with Crippen LogP contribution < -0.4 is 14.9 Å². The molecule has 0 saturated heterocycles. The van der Waals surface area contributed by atoms with Gasteiger partial charge < -0.3 is 14.0 Å². The van der Waals surface area contributed by atoms with E-state index in [1.165, 1.54) is 0 Å². The molecule has 4 heteroatoms. The van der Waals surface area contributed by atoms with Gasteiger partial charge in [-0.3, -0.25) is 4.79 Å². The Balaban J connectivity index is 1.95. The Morgan fingerprint density at radius 1 is 0.862 bits per heavy atom. The normalized spacial score (nSPS) is 10.9. The van der Waals surface area contributed by atoms with Crippen molar-refractivity contribution in [1.82, 2.24) is 4.57 Å². The molecule has 1 heterocycles. The highest BCUT2D eigenvalue weighted by molar-refractivity contribution is 5.88. The highest BCUT2D eigenvalue weighted by Crippen LogP contribution is 2.28. The highest BCUT2D eigenvalue weighted by atomic mass is 16.5. The summed E-state index contributed by atoms with van der Waals surface area (Å²) in [6, 6.07) is 21.6. The maximum atomic E-state index is 13.6. The molecule has 4 rings (SSSR count). The van der Waals surface area contributed by atoms with E-state index in [0.717, 1.165) is 39.1 Å². The molecule has 1 aromatic heterocycles. The van der Waals surface area contributed by atoms with Crippen LogP contribution in [0.1, 0.15) is 11.1 Å². The number of nitrogens with zero attached hydrogens (tertiary/aromatic N) is 1. The summed E-state index contributed by atoms with van der Waals surface area (Å²) in [5.41, 5.74) is 4.53. The van der Waals surface area contributed by atoms with Gasteiger partial charge in [0.05, 0.1) is 25.1 Å². The number of hydrogen-bond donors (Lipinski definition) is 0. The summed E-state index contributed by atoms with van der Waals surface area (Å²) in [6.45, 7) is 0. The van der Waals surface area contributed by atoms with Crippen molar-refractivity contribution in [2.75, 3.05) is 14.2 Å². The van der Waals surface area contributed by atoms with Crippen molar-refractivity contribution >= 4 is 10.9 Å². The first-order valence-corrected chi connectivity index (χ1v) is 9.49. The smallest absolute Gasteiger partial charge is 0.197 e. The van der Waals surface area contributed by atoms with Crippen LogP contribution in [0.15, 0.2) is 77.7 Å². The fourth-order valence-electron chi connectivity index (χ4n) is 3.70. The third kappa shape index (κ3) is 3.61. The number of hydrogen-bond acceptors (Lipinski definition) is 3. The van der Waals surface area contributed by atoms with Crippen LogP contribution in [0.25, 0.3) is 22.0 Å². The average Bonchev–Trinajstić information content (AvgIpc) is 2.76. The van der Waals surface area contributed by atoms with Crippen molar-refractivity contribution in [3.8, 4) is 22.6 Å². The molecule has 0 atom stereocenters. The van der Waals surface area contributed by atoms with Crippen molar-refractivity contribution in [1.29, 1.82) is 0 Å². The van der Waals surface area contributed by atoms with E-state index in [-0.39, 0.29) is 5.43 Å². The lowest BCUT2D eigenvalue weighted by molar-refractivity contribution is 0.414. The van der Waals surface area contributed by atoms with E-state index in [1.807, 2.05) is 72.4 Å².